The number of nitrogens with zero attached hydrogens (tertiary/aromatic N) is 1. The largest absolute Gasteiger partial charge is 0.342 e. The first kappa shape index (κ1) is 13.7. The molecule has 0 radical (unpaired) electrons. The van der Waals surface area contributed by atoms with E-state index in [0.29, 0.717) is 24.1 Å². The summed E-state index contributed by atoms with van der Waals surface area (Å²) in [4.78, 5) is 26.4. The fourth-order valence-corrected chi connectivity index (χ4v) is 2.82. The summed E-state index contributed by atoms with van der Waals surface area (Å²) in [6.07, 6.45) is 4.87. The van der Waals surface area contributed by atoms with Crippen molar-refractivity contribution >= 4 is 23.6 Å². The summed E-state index contributed by atoms with van der Waals surface area (Å²) in [5.41, 5.74) is 0. The molecular formula is C13H22N2O2S. The lowest BCUT2D eigenvalue weighted by molar-refractivity contribution is -0.150. The summed E-state index contributed by atoms with van der Waals surface area (Å²) in [7, 11) is 0. The molecule has 2 aliphatic rings. The summed E-state index contributed by atoms with van der Waals surface area (Å²) in [6.45, 7) is 4.74. The number of rotatable bonds is 5. The Morgan fingerprint density at radius 3 is 2.61 bits per heavy atom. The number of nitrogens with one attached hydrogen (secondary N) is 1. The summed E-state index contributed by atoms with van der Waals surface area (Å²) < 4.78 is 0. The van der Waals surface area contributed by atoms with Gasteiger partial charge in [0.2, 0.25) is 11.8 Å². The molecule has 3 atom stereocenters. The van der Waals surface area contributed by atoms with Gasteiger partial charge in [0.1, 0.15) is 12.1 Å². The molecule has 0 aromatic heterocycles. The van der Waals surface area contributed by atoms with Crippen molar-refractivity contribution in [2.24, 2.45) is 5.92 Å². The van der Waals surface area contributed by atoms with Crippen molar-refractivity contribution in [1.29, 1.82) is 0 Å². The normalized spacial score (nSPS) is 30.3. The van der Waals surface area contributed by atoms with Crippen LogP contribution in [0.1, 0.15) is 33.1 Å². The molecule has 1 saturated heterocycles. The Balaban J connectivity index is 2.13. The quantitative estimate of drug-likeness (QED) is 0.818. The van der Waals surface area contributed by atoms with Crippen LogP contribution in [0.25, 0.3) is 0 Å². The maximum atomic E-state index is 12.5. The number of carbonyl (C=O) groups excluding carboxylic acids is 2. The van der Waals surface area contributed by atoms with Crippen LogP contribution in [0.15, 0.2) is 0 Å². The van der Waals surface area contributed by atoms with Gasteiger partial charge in [-0.15, -0.1) is 0 Å². The third-order valence-corrected chi connectivity index (χ3v) is 4.82. The van der Waals surface area contributed by atoms with Gasteiger partial charge in [0.25, 0.3) is 0 Å². The Morgan fingerprint density at radius 2 is 2.11 bits per heavy atom. The van der Waals surface area contributed by atoms with Gasteiger partial charge in [0.15, 0.2) is 0 Å². The Bertz CT molecular complexity index is 344. The zero-order valence-corrected chi connectivity index (χ0v) is 12.1. The summed E-state index contributed by atoms with van der Waals surface area (Å²) >= 11 is 1.73. The van der Waals surface area contributed by atoms with Crippen molar-refractivity contribution in [3.8, 4) is 0 Å². The van der Waals surface area contributed by atoms with Crippen LogP contribution in [0.3, 0.4) is 0 Å². The van der Waals surface area contributed by atoms with Gasteiger partial charge in [-0.1, -0.05) is 13.8 Å². The first-order valence-electron chi connectivity index (χ1n) is 6.72. The summed E-state index contributed by atoms with van der Waals surface area (Å²) in [6, 6.07) is -0.531. The molecule has 5 heteroatoms. The molecule has 4 nitrogen and oxygen atoms in total. The number of carbonyl (C=O) groups is 2. The van der Waals surface area contributed by atoms with Gasteiger partial charge >= 0.3 is 0 Å². The van der Waals surface area contributed by atoms with Crippen LogP contribution in [0.2, 0.25) is 0 Å². The fourth-order valence-electron chi connectivity index (χ4n) is 2.51. The Labute approximate surface area is 113 Å². The topological polar surface area (TPSA) is 49.4 Å². The van der Waals surface area contributed by atoms with Crippen LogP contribution in [0.4, 0.5) is 0 Å². The first-order chi connectivity index (χ1) is 8.58. The minimum Gasteiger partial charge on any atom is -0.342 e. The highest BCUT2D eigenvalue weighted by Crippen LogP contribution is 2.35. The standard InChI is InChI=1S/C13H22N2O2S/c1-4-10-12(16)14-11(9-5-6-9)13(17)15(10)7-8(2)18-3/h8-11H,4-7H2,1-3H3,(H,14,16). The van der Waals surface area contributed by atoms with Gasteiger partial charge in [-0.25, -0.2) is 0 Å². The molecule has 0 aromatic rings. The molecule has 0 aromatic carbocycles. The lowest BCUT2D eigenvalue weighted by atomic mass is 10.0. The van der Waals surface area contributed by atoms with Crippen molar-refractivity contribution in [1.82, 2.24) is 10.2 Å². The van der Waals surface area contributed by atoms with Gasteiger partial charge in [-0.2, -0.15) is 11.8 Å². The maximum absolute atomic E-state index is 12.5. The van der Waals surface area contributed by atoms with E-state index in [0.717, 1.165) is 12.8 Å². The van der Waals surface area contributed by atoms with Gasteiger partial charge < -0.3 is 10.2 Å². The summed E-state index contributed by atoms with van der Waals surface area (Å²) in [5.74, 6) is 0.540. The molecule has 102 valence electrons. The van der Waals surface area contributed by atoms with Gasteiger partial charge in [-0.05, 0) is 31.4 Å². The number of thioether (sulfide) groups is 1. The Kier molecular flexibility index (Phi) is 4.20. The predicted molar refractivity (Wildman–Crippen MR) is 73.4 cm³/mol. The molecule has 1 saturated carbocycles. The van der Waals surface area contributed by atoms with E-state index in [-0.39, 0.29) is 23.9 Å². The number of piperazine rings is 1. The number of hydrogen-bond acceptors (Lipinski definition) is 3. The van der Waals surface area contributed by atoms with Crippen molar-refractivity contribution in [2.75, 3.05) is 12.8 Å². The molecule has 0 bridgehead atoms. The minimum absolute atomic E-state index is 0.0299. The van der Waals surface area contributed by atoms with E-state index in [2.05, 4.69) is 12.2 Å². The van der Waals surface area contributed by atoms with E-state index >= 15 is 0 Å². The van der Waals surface area contributed by atoms with E-state index in [1.165, 1.54) is 0 Å². The zero-order chi connectivity index (χ0) is 13.3. The van der Waals surface area contributed by atoms with Crippen LogP contribution in [0, 0.1) is 5.92 Å². The molecule has 2 amide bonds. The first-order valence-corrected chi connectivity index (χ1v) is 8.00. The highest BCUT2D eigenvalue weighted by Gasteiger charge is 2.46. The van der Waals surface area contributed by atoms with Crippen LogP contribution in [0.5, 0.6) is 0 Å². The Hall–Kier alpha value is -0.710. The molecule has 1 aliphatic carbocycles. The average Bonchev–Trinajstić information content (AvgIpc) is 3.17. The van der Waals surface area contributed by atoms with Crippen LogP contribution in [-0.4, -0.2) is 46.8 Å². The van der Waals surface area contributed by atoms with Crippen LogP contribution >= 0.6 is 11.8 Å². The molecule has 0 spiro atoms. The van der Waals surface area contributed by atoms with Gasteiger partial charge in [-0.3, -0.25) is 9.59 Å². The van der Waals surface area contributed by atoms with E-state index in [9.17, 15) is 9.59 Å². The van der Waals surface area contributed by atoms with E-state index < -0.39 is 0 Å². The van der Waals surface area contributed by atoms with Gasteiger partial charge in [0, 0.05) is 11.8 Å². The number of amides is 2. The monoisotopic (exact) mass is 270 g/mol. The molecule has 2 fully saturated rings. The molecule has 1 heterocycles. The lowest BCUT2D eigenvalue weighted by Gasteiger charge is -2.39. The second-order valence-corrected chi connectivity index (χ2v) is 6.56. The third-order valence-electron chi connectivity index (χ3n) is 3.86. The summed E-state index contributed by atoms with van der Waals surface area (Å²) in [5, 5.41) is 3.28. The highest BCUT2D eigenvalue weighted by molar-refractivity contribution is 7.99. The fraction of sp³-hybridized carbons (Fsp3) is 0.846. The zero-order valence-electron chi connectivity index (χ0n) is 11.3. The van der Waals surface area contributed by atoms with Crippen molar-refractivity contribution in [2.45, 2.75) is 50.4 Å². The second-order valence-electron chi connectivity index (χ2n) is 5.28. The minimum atomic E-state index is -0.276. The molecule has 2 rings (SSSR count). The van der Waals surface area contributed by atoms with E-state index in [4.69, 9.17) is 0 Å². The smallest absolute Gasteiger partial charge is 0.246 e. The molecule has 1 N–H and O–H groups in total. The number of hydrogen-bond donors (Lipinski definition) is 1. The molecule has 3 unspecified atom stereocenters. The van der Waals surface area contributed by atoms with Crippen LogP contribution in [-0.2, 0) is 9.59 Å². The van der Waals surface area contributed by atoms with E-state index in [1.807, 2.05) is 18.1 Å². The second kappa shape index (κ2) is 5.51. The SMILES string of the molecule is CCC1C(=O)NC(C2CC2)C(=O)N1CC(C)SC. The van der Waals surface area contributed by atoms with Gasteiger partial charge in [0.05, 0.1) is 0 Å². The average molecular weight is 270 g/mol. The molecule has 1 aliphatic heterocycles. The molecular weight excluding hydrogens is 248 g/mol. The van der Waals surface area contributed by atoms with Crippen molar-refractivity contribution < 1.29 is 9.59 Å². The van der Waals surface area contributed by atoms with Crippen molar-refractivity contribution in [3.63, 3.8) is 0 Å². The highest BCUT2D eigenvalue weighted by atomic mass is 32.2. The van der Waals surface area contributed by atoms with E-state index in [1.54, 1.807) is 11.8 Å². The van der Waals surface area contributed by atoms with Crippen LogP contribution < -0.4 is 5.32 Å². The molecule has 18 heavy (non-hydrogen) atoms. The third kappa shape index (κ3) is 2.66. The Morgan fingerprint density at radius 1 is 1.44 bits per heavy atom. The maximum Gasteiger partial charge on any atom is 0.246 e. The van der Waals surface area contributed by atoms with Crippen molar-refractivity contribution in [3.05, 3.63) is 0 Å². The predicted octanol–water partition coefficient (Wildman–Crippen LogP) is 1.25. The lowest BCUT2D eigenvalue weighted by Crippen LogP contribution is -2.64.